The molecule has 0 aliphatic carbocycles. The first kappa shape index (κ1) is 13.6. The van der Waals surface area contributed by atoms with Gasteiger partial charge >= 0.3 is 14.5 Å². The van der Waals surface area contributed by atoms with Crippen molar-refractivity contribution in [3.63, 3.8) is 0 Å². The molecule has 14 heavy (non-hydrogen) atoms. The predicted molar refractivity (Wildman–Crippen MR) is 55.4 cm³/mol. The molecule has 0 aromatic heterocycles. The Balaban J connectivity index is 3.58. The average Bonchev–Trinajstić information content (AvgIpc) is 2.02. The Labute approximate surface area is 85.5 Å². The van der Waals surface area contributed by atoms with Crippen LogP contribution in [0.3, 0.4) is 0 Å². The molecule has 5 nitrogen and oxygen atoms in total. The summed E-state index contributed by atoms with van der Waals surface area (Å²) in [6.45, 7) is 2.43. The molecule has 2 N–H and O–H groups in total. The minimum atomic E-state index is -2.46. The van der Waals surface area contributed by atoms with Gasteiger partial charge in [-0.15, -0.1) is 0 Å². The van der Waals surface area contributed by atoms with Crippen LogP contribution in [0.2, 0.25) is 12.6 Å². The first-order valence-corrected chi connectivity index (χ1v) is 7.11. The SMILES string of the molecule is CO[Si](C)(O)CCCN(C)CC(=O)O. The molecule has 84 valence electrons. The lowest BCUT2D eigenvalue weighted by atomic mass is 10.4. The number of likely N-dealkylation sites (N-methyl/N-ethyl adjacent to an activating group) is 1. The van der Waals surface area contributed by atoms with Crippen molar-refractivity contribution >= 4 is 14.5 Å². The lowest BCUT2D eigenvalue weighted by molar-refractivity contribution is -0.137. The van der Waals surface area contributed by atoms with E-state index >= 15 is 0 Å². The molecule has 0 aliphatic rings. The van der Waals surface area contributed by atoms with E-state index in [0.717, 1.165) is 6.42 Å². The Morgan fingerprint density at radius 2 is 2.14 bits per heavy atom. The van der Waals surface area contributed by atoms with Gasteiger partial charge in [-0.1, -0.05) is 0 Å². The van der Waals surface area contributed by atoms with Gasteiger partial charge in [0.25, 0.3) is 0 Å². The van der Waals surface area contributed by atoms with Crippen molar-refractivity contribution in [2.75, 3.05) is 27.2 Å². The van der Waals surface area contributed by atoms with Gasteiger partial charge in [-0.3, -0.25) is 9.69 Å². The first-order valence-electron chi connectivity index (χ1n) is 4.55. The van der Waals surface area contributed by atoms with Crippen molar-refractivity contribution in [3.8, 4) is 0 Å². The molecule has 0 spiro atoms. The molecule has 0 bridgehead atoms. The Hall–Kier alpha value is -0.433. The second-order valence-corrected chi connectivity index (χ2v) is 6.87. The van der Waals surface area contributed by atoms with Crippen LogP contribution in [-0.4, -0.2) is 56.6 Å². The molecule has 0 amide bonds. The maximum atomic E-state index is 10.3. The van der Waals surface area contributed by atoms with Gasteiger partial charge in [0.15, 0.2) is 0 Å². The highest BCUT2D eigenvalue weighted by Crippen LogP contribution is 2.09. The third-order valence-electron chi connectivity index (χ3n) is 2.03. The average molecular weight is 221 g/mol. The Kier molecular flexibility index (Phi) is 5.94. The van der Waals surface area contributed by atoms with E-state index in [1.165, 1.54) is 7.11 Å². The monoisotopic (exact) mass is 221 g/mol. The molecular weight excluding hydrogens is 202 g/mol. The Bertz CT molecular complexity index is 186. The van der Waals surface area contributed by atoms with E-state index in [1.807, 2.05) is 0 Å². The van der Waals surface area contributed by atoms with Gasteiger partial charge in [-0.05, 0) is 32.6 Å². The summed E-state index contributed by atoms with van der Waals surface area (Å²) in [6, 6.07) is 0.632. The molecule has 0 aliphatic heterocycles. The summed E-state index contributed by atoms with van der Waals surface area (Å²) in [5.74, 6) is -0.830. The van der Waals surface area contributed by atoms with E-state index in [0.29, 0.717) is 12.6 Å². The lowest BCUT2D eigenvalue weighted by Gasteiger charge is -2.19. The Morgan fingerprint density at radius 3 is 2.57 bits per heavy atom. The topological polar surface area (TPSA) is 70.0 Å². The highest BCUT2D eigenvalue weighted by molar-refractivity contribution is 6.64. The number of nitrogens with zero attached hydrogens (tertiary/aromatic N) is 1. The van der Waals surface area contributed by atoms with Crippen LogP contribution in [0.4, 0.5) is 0 Å². The van der Waals surface area contributed by atoms with Gasteiger partial charge in [0.05, 0.1) is 6.54 Å². The van der Waals surface area contributed by atoms with Crippen molar-refractivity contribution in [1.82, 2.24) is 4.90 Å². The van der Waals surface area contributed by atoms with E-state index in [2.05, 4.69) is 0 Å². The van der Waals surface area contributed by atoms with Crippen LogP contribution in [0, 0.1) is 0 Å². The van der Waals surface area contributed by atoms with E-state index < -0.39 is 14.5 Å². The van der Waals surface area contributed by atoms with Crippen molar-refractivity contribution in [2.45, 2.75) is 19.0 Å². The number of carboxylic acids is 1. The molecule has 0 fully saturated rings. The fraction of sp³-hybridized carbons (Fsp3) is 0.875. The zero-order valence-electron chi connectivity index (χ0n) is 8.99. The summed E-state index contributed by atoms with van der Waals surface area (Å²) < 4.78 is 4.96. The van der Waals surface area contributed by atoms with Gasteiger partial charge in [-0.2, -0.15) is 0 Å². The van der Waals surface area contributed by atoms with E-state index in [-0.39, 0.29) is 6.54 Å². The van der Waals surface area contributed by atoms with Crippen LogP contribution in [-0.2, 0) is 9.22 Å². The number of hydrogen-bond donors (Lipinski definition) is 2. The van der Waals surface area contributed by atoms with Crippen LogP contribution in [0.5, 0.6) is 0 Å². The highest BCUT2D eigenvalue weighted by atomic mass is 28.4. The van der Waals surface area contributed by atoms with Crippen LogP contribution < -0.4 is 0 Å². The van der Waals surface area contributed by atoms with Crippen molar-refractivity contribution < 1.29 is 19.1 Å². The molecule has 0 saturated heterocycles. The number of hydrogen-bond acceptors (Lipinski definition) is 4. The number of rotatable bonds is 7. The molecule has 1 atom stereocenters. The van der Waals surface area contributed by atoms with Crippen molar-refractivity contribution in [2.24, 2.45) is 0 Å². The fourth-order valence-electron chi connectivity index (χ4n) is 1.09. The zero-order chi connectivity index (χ0) is 11.2. The van der Waals surface area contributed by atoms with Crippen molar-refractivity contribution in [3.05, 3.63) is 0 Å². The number of carboxylic acid groups (broad SMARTS) is 1. The summed E-state index contributed by atoms with van der Waals surface area (Å²) in [7, 11) is 0.796. The van der Waals surface area contributed by atoms with E-state index in [1.54, 1.807) is 18.5 Å². The molecule has 0 aromatic carbocycles. The number of aliphatic carboxylic acids is 1. The highest BCUT2D eigenvalue weighted by Gasteiger charge is 2.24. The molecule has 0 heterocycles. The van der Waals surface area contributed by atoms with Gasteiger partial charge in [0, 0.05) is 7.11 Å². The largest absolute Gasteiger partial charge is 0.480 e. The molecule has 0 aromatic rings. The molecule has 0 radical (unpaired) electrons. The maximum absolute atomic E-state index is 10.3. The minimum absolute atomic E-state index is 0.0384. The third kappa shape index (κ3) is 7.02. The fourth-order valence-corrected chi connectivity index (χ4v) is 2.11. The van der Waals surface area contributed by atoms with Crippen LogP contribution >= 0.6 is 0 Å². The van der Waals surface area contributed by atoms with Gasteiger partial charge in [0.1, 0.15) is 0 Å². The van der Waals surface area contributed by atoms with Gasteiger partial charge in [0.2, 0.25) is 0 Å². The van der Waals surface area contributed by atoms with Crippen LogP contribution in [0.1, 0.15) is 6.42 Å². The molecule has 1 unspecified atom stereocenters. The zero-order valence-corrected chi connectivity index (χ0v) is 9.99. The second-order valence-electron chi connectivity index (χ2n) is 3.61. The summed E-state index contributed by atoms with van der Waals surface area (Å²) in [4.78, 5) is 21.6. The van der Waals surface area contributed by atoms with Crippen LogP contribution in [0.25, 0.3) is 0 Å². The lowest BCUT2D eigenvalue weighted by Crippen LogP contribution is -2.34. The minimum Gasteiger partial charge on any atom is -0.480 e. The molecule has 6 heteroatoms. The standard InChI is InChI=1S/C8H19NO4Si/c1-9(7-8(10)11)5-4-6-14(3,12)13-2/h12H,4-7H2,1-3H3,(H,10,11). The summed E-state index contributed by atoms with van der Waals surface area (Å²) in [5, 5.41) is 8.48. The second kappa shape index (κ2) is 6.13. The van der Waals surface area contributed by atoms with E-state index in [9.17, 15) is 9.59 Å². The summed E-state index contributed by atoms with van der Waals surface area (Å²) in [5.41, 5.74) is 0. The number of carbonyl (C=O) groups is 1. The van der Waals surface area contributed by atoms with Gasteiger partial charge < -0.3 is 14.3 Å². The third-order valence-corrected chi connectivity index (χ3v) is 4.19. The van der Waals surface area contributed by atoms with Crippen LogP contribution in [0.15, 0.2) is 0 Å². The maximum Gasteiger partial charge on any atom is 0.332 e. The summed E-state index contributed by atoms with van der Waals surface area (Å²) in [6.07, 6.45) is 0.761. The van der Waals surface area contributed by atoms with Gasteiger partial charge in [-0.25, -0.2) is 0 Å². The smallest absolute Gasteiger partial charge is 0.332 e. The summed E-state index contributed by atoms with van der Waals surface area (Å²) >= 11 is 0. The first-order chi connectivity index (χ1) is 6.37. The normalized spacial score (nSPS) is 15.5. The Morgan fingerprint density at radius 1 is 1.57 bits per heavy atom. The van der Waals surface area contributed by atoms with Crippen molar-refractivity contribution in [1.29, 1.82) is 0 Å². The quantitative estimate of drug-likeness (QED) is 0.597. The van der Waals surface area contributed by atoms with E-state index in [4.69, 9.17) is 9.53 Å². The predicted octanol–water partition coefficient (Wildman–Crippen LogP) is 0.104. The molecule has 0 rings (SSSR count). The molecule has 0 saturated carbocycles. The molecular formula is C8H19NO4Si.